The van der Waals surface area contributed by atoms with Crippen molar-refractivity contribution in [2.24, 2.45) is 0 Å². The Morgan fingerprint density at radius 3 is 2.59 bits per heavy atom. The van der Waals surface area contributed by atoms with Crippen LogP contribution in [0.1, 0.15) is 11.6 Å². The number of amides is 1. The molecule has 2 aromatic heterocycles. The van der Waals surface area contributed by atoms with Gasteiger partial charge in [0, 0.05) is 19.3 Å². The van der Waals surface area contributed by atoms with E-state index in [-0.39, 0.29) is 17.4 Å². The molecule has 1 N–H and O–H groups in total. The predicted octanol–water partition coefficient (Wildman–Crippen LogP) is 1.28. The summed E-state index contributed by atoms with van der Waals surface area (Å²) < 4.78 is 1.13. The zero-order valence-electron chi connectivity index (χ0n) is 14.1. The van der Waals surface area contributed by atoms with E-state index in [1.165, 1.54) is 11.1 Å². The smallest absolute Gasteiger partial charge is 0.352 e. The number of nitro groups is 1. The molecule has 1 aliphatic heterocycles. The molecule has 136 valence electrons. The van der Waals surface area contributed by atoms with Crippen molar-refractivity contribution in [3.63, 3.8) is 0 Å². The van der Waals surface area contributed by atoms with Crippen molar-refractivity contribution >= 4 is 23.1 Å². The lowest BCUT2D eigenvalue weighted by atomic mass is 10.0. The van der Waals surface area contributed by atoms with Crippen molar-refractivity contribution in [1.29, 1.82) is 0 Å². The van der Waals surface area contributed by atoms with E-state index in [1.807, 2.05) is 6.07 Å². The van der Waals surface area contributed by atoms with E-state index < -0.39 is 22.2 Å². The molecule has 1 aromatic carbocycles. The average molecular weight is 365 g/mol. The van der Waals surface area contributed by atoms with E-state index in [1.54, 1.807) is 42.5 Å². The van der Waals surface area contributed by atoms with Crippen LogP contribution in [0.4, 0.5) is 11.5 Å². The number of carbonyl (C=O) groups is 1. The first-order valence-electron chi connectivity index (χ1n) is 8.33. The number of nitrogens with one attached hydrogen (secondary N) is 1. The molecule has 1 aliphatic rings. The number of hydrogen-bond acceptors (Lipinski definition) is 6. The van der Waals surface area contributed by atoms with E-state index in [0.717, 1.165) is 4.40 Å². The molecule has 0 saturated carbocycles. The fourth-order valence-corrected chi connectivity index (χ4v) is 3.29. The summed E-state index contributed by atoms with van der Waals surface area (Å²) in [7, 11) is 0. The highest BCUT2D eigenvalue weighted by Crippen LogP contribution is 2.32. The average Bonchev–Trinajstić information content (AvgIpc) is 2.68. The quantitative estimate of drug-likeness (QED) is 0.553. The van der Waals surface area contributed by atoms with Gasteiger partial charge >= 0.3 is 11.2 Å². The summed E-state index contributed by atoms with van der Waals surface area (Å²) in [5.74, 6) is -0.392. The maximum absolute atomic E-state index is 12.7. The van der Waals surface area contributed by atoms with Gasteiger partial charge in [0.15, 0.2) is 0 Å². The molecule has 0 aliphatic carbocycles. The lowest BCUT2D eigenvalue weighted by Crippen LogP contribution is -2.51. The number of fused-ring (bicyclic) bond motifs is 1. The molecule has 4 rings (SSSR count). The zero-order chi connectivity index (χ0) is 19.0. The van der Waals surface area contributed by atoms with Gasteiger partial charge in [-0.1, -0.05) is 36.4 Å². The van der Waals surface area contributed by atoms with Crippen LogP contribution in [0.5, 0.6) is 0 Å². The lowest BCUT2D eigenvalue weighted by Gasteiger charge is -2.35. The van der Waals surface area contributed by atoms with Crippen molar-refractivity contribution in [3.05, 3.63) is 80.8 Å². The molecule has 27 heavy (non-hydrogen) atoms. The fraction of sp³-hybridized carbons (Fsp3) is 0.167. The summed E-state index contributed by atoms with van der Waals surface area (Å²) in [6.07, 6.45) is 1.43. The monoisotopic (exact) mass is 365 g/mol. The highest BCUT2D eigenvalue weighted by Gasteiger charge is 2.37. The third-order valence-electron chi connectivity index (χ3n) is 4.47. The van der Waals surface area contributed by atoms with E-state index >= 15 is 0 Å². The van der Waals surface area contributed by atoms with E-state index in [9.17, 15) is 19.7 Å². The molecule has 0 bridgehead atoms. The Kier molecular flexibility index (Phi) is 4.03. The Labute approximate surface area is 153 Å². The number of hydrogen-bond donors (Lipinski definition) is 1. The minimum absolute atomic E-state index is 0.0973. The molecule has 9 heteroatoms. The van der Waals surface area contributed by atoms with Crippen molar-refractivity contribution in [2.75, 3.05) is 18.0 Å². The third kappa shape index (κ3) is 2.78. The van der Waals surface area contributed by atoms with Gasteiger partial charge in [-0.15, -0.1) is 0 Å². The Morgan fingerprint density at radius 2 is 1.85 bits per heavy atom. The van der Waals surface area contributed by atoms with Gasteiger partial charge in [-0.3, -0.25) is 24.1 Å². The van der Waals surface area contributed by atoms with Crippen molar-refractivity contribution < 1.29 is 9.72 Å². The lowest BCUT2D eigenvalue weighted by molar-refractivity contribution is -0.385. The van der Waals surface area contributed by atoms with Crippen LogP contribution >= 0.6 is 0 Å². The molecule has 0 radical (unpaired) electrons. The Balaban J connectivity index is 1.96. The van der Waals surface area contributed by atoms with Crippen LogP contribution in [0.3, 0.4) is 0 Å². The second kappa shape index (κ2) is 6.52. The molecular formula is C18H15N5O4. The number of aromatic nitrogens is 2. The van der Waals surface area contributed by atoms with Gasteiger partial charge in [0.2, 0.25) is 11.7 Å². The Morgan fingerprint density at radius 1 is 1.11 bits per heavy atom. The molecule has 1 amide bonds. The topological polar surface area (TPSA) is 110 Å². The minimum Gasteiger partial charge on any atom is -0.352 e. The summed E-state index contributed by atoms with van der Waals surface area (Å²) in [5.41, 5.74) is -0.479. The van der Waals surface area contributed by atoms with Gasteiger partial charge in [-0.05, 0) is 17.7 Å². The highest BCUT2D eigenvalue weighted by atomic mass is 16.6. The largest absolute Gasteiger partial charge is 0.376 e. The summed E-state index contributed by atoms with van der Waals surface area (Å²) in [6, 6.07) is 13.0. The van der Waals surface area contributed by atoms with Gasteiger partial charge in [-0.25, -0.2) is 4.98 Å². The predicted molar refractivity (Wildman–Crippen MR) is 97.7 cm³/mol. The van der Waals surface area contributed by atoms with Gasteiger partial charge in [-0.2, -0.15) is 0 Å². The van der Waals surface area contributed by atoms with Crippen LogP contribution in [-0.4, -0.2) is 33.3 Å². The normalized spacial score (nSPS) is 17.0. The van der Waals surface area contributed by atoms with Crippen LogP contribution < -0.4 is 15.8 Å². The molecule has 0 spiro atoms. The first-order chi connectivity index (χ1) is 13.1. The van der Waals surface area contributed by atoms with Crippen LogP contribution in [0, 0.1) is 10.1 Å². The van der Waals surface area contributed by atoms with Crippen LogP contribution in [0.15, 0.2) is 59.5 Å². The Hall–Kier alpha value is -3.75. The molecule has 1 saturated heterocycles. The van der Waals surface area contributed by atoms with Gasteiger partial charge in [0.05, 0.1) is 4.92 Å². The number of pyridine rings is 1. The second-order valence-electron chi connectivity index (χ2n) is 6.07. The number of nitrogens with zero attached hydrogens (tertiary/aromatic N) is 4. The van der Waals surface area contributed by atoms with Gasteiger partial charge in [0.1, 0.15) is 11.7 Å². The van der Waals surface area contributed by atoms with E-state index in [4.69, 9.17) is 0 Å². The van der Waals surface area contributed by atoms with Crippen molar-refractivity contribution in [1.82, 2.24) is 14.7 Å². The first kappa shape index (κ1) is 16.7. The van der Waals surface area contributed by atoms with E-state index in [2.05, 4.69) is 10.3 Å². The second-order valence-corrected chi connectivity index (χ2v) is 6.07. The maximum Gasteiger partial charge on any atom is 0.376 e. The standard InChI is InChI=1S/C18H15N5O4/c24-17-14(12-6-2-1-3-7-12)22(11-9-19-17)16-15(23(26)27)18(25)21-10-5-4-8-13(21)20-16/h1-8,10,14H,9,11H2,(H,19,24). The molecular weight excluding hydrogens is 350 g/mol. The number of anilines is 1. The third-order valence-corrected chi connectivity index (χ3v) is 4.47. The van der Waals surface area contributed by atoms with E-state index in [0.29, 0.717) is 18.7 Å². The number of benzene rings is 1. The molecule has 9 nitrogen and oxygen atoms in total. The van der Waals surface area contributed by atoms with Gasteiger partial charge in [0.25, 0.3) is 0 Å². The summed E-state index contributed by atoms with van der Waals surface area (Å²) in [6.45, 7) is 0.594. The molecule has 1 unspecified atom stereocenters. The van der Waals surface area contributed by atoms with Gasteiger partial charge < -0.3 is 10.2 Å². The fourth-order valence-electron chi connectivity index (χ4n) is 3.29. The number of carbonyl (C=O) groups excluding carboxylic acids is 1. The number of rotatable bonds is 3. The van der Waals surface area contributed by atoms with Crippen LogP contribution in [0.25, 0.3) is 5.65 Å². The summed E-state index contributed by atoms with van der Waals surface area (Å²) in [5, 5.41) is 14.4. The molecule has 1 atom stereocenters. The molecule has 1 fully saturated rings. The highest BCUT2D eigenvalue weighted by molar-refractivity contribution is 5.88. The zero-order valence-corrected chi connectivity index (χ0v) is 14.1. The van der Waals surface area contributed by atoms with Crippen LogP contribution in [-0.2, 0) is 4.79 Å². The Bertz CT molecular complexity index is 1100. The SMILES string of the molecule is O=C1NCCN(c2nc3ccccn3c(=O)c2[N+](=O)[O-])C1c1ccccc1. The van der Waals surface area contributed by atoms with Crippen molar-refractivity contribution in [3.8, 4) is 0 Å². The summed E-state index contributed by atoms with van der Waals surface area (Å²) >= 11 is 0. The molecule has 3 heterocycles. The maximum atomic E-state index is 12.7. The molecule has 3 aromatic rings. The first-order valence-corrected chi connectivity index (χ1v) is 8.33. The van der Waals surface area contributed by atoms with Crippen LogP contribution in [0.2, 0.25) is 0 Å². The summed E-state index contributed by atoms with van der Waals surface area (Å²) in [4.78, 5) is 42.1. The minimum atomic E-state index is -0.809. The number of piperazine rings is 1. The van der Waals surface area contributed by atoms with Crippen molar-refractivity contribution in [2.45, 2.75) is 6.04 Å².